The number of benzene rings is 1. The molecule has 1 aromatic carbocycles. The normalized spacial score (nSPS) is 13.4. The summed E-state index contributed by atoms with van der Waals surface area (Å²) < 4.78 is 1.98. The number of halogens is 1. The maximum Gasteiger partial charge on any atom is 0.126 e. The van der Waals surface area contributed by atoms with E-state index in [9.17, 15) is 5.11 Å². The van der Waals surface area contributed by atoms with Gasteiger partial charge in [-0.05, 0) is 30.5 Å². The van der Waals surface area contributed by atoms with Gasteiger partial charge in [0.15, 0.2) is 0 Å². The standard InChI is InChI=1S/C14H20ClN3O/c1-9(2)7-11(16)14-17-12-8-10(15)3-4-13(12)18(14)5-6-19/h3-4,8-9,11,19H,5-7,16H2,1-2H3. The van der Waals surface area contributed by atoms with Crippen molar-refractivity contribution in [1.29, 1.82) is 0 Å². The van der Waals surface area contributed by atoms with Crippen LogP contribution in [-0.2, 0) is 6.54 Å². The third-order valence-corrected chi connectivity index (χ3v) is 3.36. The summed E-state index contributed by atoms with van der Waals surface area (Å²) >= 11 is 5.99. The van der Waals surface area contributed by atoms with Crippen molar-refractivity contribution in [2.75, 3.05) is 6.61 Å². The van der Waals surface area contributed by atoms with Gasteiger partial charge in [-0.3, -0.25) is 0 Å². The third-order valence-electron chi connectivity index (χ3n) is 3.12. The van der Waals surface area contributed by atoms with E-state index < -0.39 is 0 Å². The lowest BCUT2D eigenvalue weighted by Gasteiger charge is -2.15. The van der Waals surface area contributed by atoms with Crippen LogP contribution in [0, 0.1) is 5.92 Å². The molecule has 3 N–H and O–H groups in total. The van der Waals surface area contributed by atoms with Crippen molar-refractivity contribution in [2.24, 2.45) is 11.7 Å². The Hall–Kier alpha value is -1.10. The van der Waals surface area contributed by atoms with Crippen LogP contribution in [0.2, 0.25) is 5.02 Å². The molecule has 1 unspecified atom stereocenters. The number of aromatic nitrogens is 2. The van der Waals surface area contributed by atoms with E-state index in [1.807, 2.05) is 22.8 Å². The molecule has 5 heteroatoms. The van der Waals surface area contributed by atoms with E-state index in [1.165, 1.54) is 0 Å². The van der Waals surface area contributed by atoms with Gasteiger partial charge in [-0.1, -0.05) is 25.4 Å². The molecule has 104 valence electrons. The van der Waals surface area contributed by atoms with Crippen molar-refractivity contribution in [3.05, 3.63) is 29.0 Å². The van der Waals surface area contributed by atoms with E-state index >= 15 is 0 Å². The summed E-state index contributed by atoms with van der Waals surface area (Å²) in [5, 5.41) is 9.88. The first kappa shape index (κ1) is 14.3. The van der Waals surface area contributed by atoms with Gasteiger partial charge < -0.3 is 15.4 Å². The lowest BCUT2D eigenvalue weighted by atomic mass is 10.0. The average molecular weight is 282 g/mol. The molecule has 0 aliphatic rings. The number of aliphatic hydroxyl groups excluding tert-OH is 1. The second-order valence-corrected chi connectivity index (χ2v) is 5.65. The van der Waals surface area contributed by atoms with Crippen LogP contribution in [0.15, 0.2) is 18.2 Å². The minimum Gasteiger partial charge on any atom is -0.395 e. The summed E-state index contributed by atoms with van der Waals surface area (Å²) in [6.07, 6.45) is 0.864. The maximum absolute atomic E-state index is 9.22. The number of hydrogen-bond acceptors (Lipinski definition) is 3. The van der Waals surface area contributed by atoms with Crippen LogP contribution in [0.5, 0.6) is 0 Å². The van der Waals surface area contributed by atoms with Gasteiger partial charge in [-0.25, -0.2) is 4.98 Å². The zero-order chi connectivity index (χ0) is 14.0. The van der Waals surface area contributed by atoms with Crippen molar-refractivity contribution < 1.29 is 5.11 Å². The molecule has 0 saturated carbocycles. The number of fused-ring (bicyclic) bond motifs is 1. The number of nitrogens with two attached hydrogens (primary N) is 1. The Labute approximate surface area is 118 Å². The SMILES string of the molecule is CC(C)CC(N)c1nc2cc(Cl)ccc2n1CCO. The molecule has 4 nitrogen and oxygen atoms in total. The van der Waals surface area contributed by atoms with Crippen LogP contribution in [0.4, 0.5) is 0 Å². The Balaban J connectivity index is 2.49. The van der Waals surface area contributed by atoms with Gasteiger partial charge in [0.05, 0.1) is 23.7 Å². The van der Waals surface area contributed by atoms with Crippen molar-refractivity contribution >= 4 is 22.6 Å². The van der Waals surface area contributed by atoms with E-state index in [0.717, 1.165) is 23.3 Å². The van der Waals surface area contributed by atoms with Gasteiger partial charge >= 0.3 is 0 Å². The minimum atomic E-state index is -0.127. The number of hydrogen-bond donors (Lipinski definition) is 2. The first-order valence-electron chi connectivity index (χ1n) is 6.55. The van der Waals surface area contributed by atoms with Crippen LogP contribution in [0.3, 0.4) is 0 Å². The Morgan fingerprint density at radius 3 is 2.79 bits per heavy atom. The van der Waals surface area contributed by atoms with E-state index in [-0.39, 0.29) is 12.6 Å². The van der Waals surface area contributed by atoms with Crippen LogP contribution in [-0.4, -0.2) is 21.3 Å². The molecule has 0 aliphatic heterocycles. The molecule has 1 heterocycles. The fraction of sp³-hybridized carbons (Fsp3) is 0.500. The molecule has 2 rings (SSSR count). The number of nitrogens with zero attached hydrogens (tertiary/aromatic N) is 2. The largest absolute Gasteiger partial charge is 0.395 e. The van der Waals surface area contributed by atoms with E-state index in [4.69, 9.17) is 17.3 Å². The molecule has 1 aromatic heterocycles. The summed E-state index contributed by atoms with van der Waals surface area (Å²) in [5.74, 6) is 1.32. The zero-order valence-electron chi connectivity index (χ0n) is 11.3. The zero-order valence-corrected chi connectivity index (χ0v) is 12.1. The highest BCUT2D eigenvalue weighted by Crippen LogP contribution is 2.25. The van der Waals surface area contributed by atoms with E-state index in [0.29, 0.717) is 17.5 Å². The minimum absolute atomic E-state index is 0.0650. The molecular formula is C14H20ClN3O. The van der Waals surface area contributed by atoms with Crippen LogP contribution >= 0.6 is 11.6 Å². The molecule has 0 saturated heterocycles. The maximum atomic E-state index is 9.22. The third kappa shape index (κ3) is 3.08. The monoisotopic (exact) mass is 281 g/mol. The summed E-state index contributed by atoms with van der Waals surface area (Å²) in [7, 11) is 0. The van der Waals surface area contributed by atoms with Crippen LogP contribution in [0.1, 0.15) is 32.1 Å². The first-order chi connectivity index (χ1) is 9.02. The highest BCUT2D eigenvalue weighted by molar-refractivity contribution is 6.31. The van der Waals surface area contributed by atoms with Crippen molar-refractivity contribution in [3.8, 4) is 0 Å². The number of rotatable bonds is 5. The van der Waals surface area contributed by atoms with Gasteiger partial charge in [0.1, 0.15) is 5.82 Å². The molecule has 0 radical (unpaired) electrons. The first-order valence-corrected chi connectivity index (χ1v) is 6.93. The fourth-order valence-corrected chi connectivity index (χ4v) is 2.52. The lowest BCUT2D eigenvalue weighted by Crippen LogP contribution is -2.19. The van der Waals surface area contributed by atoms with Gasteiger partial charge in [0, 0.05) is 11.6 Å². The molecule has 0 amide bonds. The Morgan fingerprint density at radius 2 is 2.16 bits per heavy atom. The summed E-state index contributed by atoms with van der Waals surface area (Å²) in [4.78, 5) is 4.59. The predicted molar refractivity (Wildman–Crippen MR) is 78.2 cm³/mol. The molecule has 0 bridgehead atoms. The average Bonchev–Trinajstić information content (AvgIpc) is 2.67. The summed E-state index contributed by atoms with van der Waals surface area (Å²) in [6.45, 7) is 4.83. The molecular weight excluding hydrogens is 262 g/mol. The van der Waals surface area contributed by atoms with Gasteiger partial charge in [-0.15, -0.1) is 0 Å². The quantitative estimate of drug-likeness (QED) is 0.886. The van der Waals surface area contributed by atoms with Crippen LogP contribution in [0.25, 0.3) is 11.0 Å². The molecule has 2 aromatic rings. The Morgan fingerprint density at radius 1 is 1.42 bits per heavy atom. The molecule has 0 fully saturated rings. The molecule has 1 atom stereocenters. The topological polar surface area (TPSA) is 64.1 Å². The smallest absolute Gasteiger partial charge is 0.126 e. The molecule has 0 spiro atoms. The molecule has 0 aliphatic carbocycles. The molecule has 19 heavy (non-hydrogen) atoms. The van der Waals surface area contributed by atoms with Gasteiger partial charge in [0.2, 0.25) is 0 Å². The highest BCUT2D eigenvalue weighted by Gasteiger charge is 2.17. The van der Waals surface area contributed by atoms with Gasteiger partial charge in [-0.2, -0.15) is 0 Å². The number of imidazole rings is 1. The Kier molecular flexibility index (Phi) is 4.45. The second kappa shape index (κ2) is 5.90. The van der Waals surface area contributed by atoms with E-state index in [2.05, 4.69) is 18.8 Å². The van der Waals surface area contributed by atoms with Crippen molar-refractivity contribution in [3.63, 3.8) is 0 Å². The Bertz CT molecular complexity index is 565. The van der Waals surface area contributed by atoms with Crippen molar-refractivity contribution in [2.45, 2.75) is 32.9 Å². The van der Waals surface area contributed by atoms with E-state index in [1.54, 1.807) is 0 Å². The lowest BCUT2D eigenvalue weighted by molar-refractivity contribution is 0.274. The highest BCUT2D eigenvalue weighted by atomic mass is 35.5. The second-order valence-electron chi connectivity index (χ2n) is 5.21. The van der Waals surface area contributed by atoms with Crippen LogP contribution < -0.4 is 5.73 Å². The predicted octanol–water partition coefficient (Wildman–Crippen LogP) is 2.73. The summed E-state index contributed by atoms with van der Waals surface area (Å²) in [6, 6.07) is 5.46. The summed E-state index contributed by atoms with van der Waals surface area (Å²) in [5.41, 5.74) is 8.03. The van der Waals surface area contributed by atoms with Crippen molar-refractivity contribution in [1.82, 2.24) is 9.55 Å². The fourth-order valence-electron chi connectivity index (χ4n) is 2.35. The number of aliphatic hydroxyl groups is 1. The van der Waals surface area contributed by atoms with Gasteiger partial charge in [0.25, 0.3) is 0 Å².